The highest BCUT2D eigenvalue weighted by Crippen LogP contribution is 2.34. The van der Waals surface area contributed by atoms with Crippen LogP contribution in [-0.4, -0.2) is 50.6 Å². The molecule has 0 saturated heterocycles. The molecule has 1 aromatic heterocycles. The third kappa shape index (κ3) is 7.15. The van der Waals surface area contributed by atoms with Crippen molar-refractivity contribution >= 4 is 56.7 Å². The van der Waals surface area contributed by atoms with Gasteiger partial charge in [-0.3, -0.25) is 9.59 Å². The number of thiophene rings is 1. The summed E-state index contributed by atoms with van der Waals surface area (Å²) in [4.78, 5) is 24.0. The third-order valence-corrected chi connectivity index (χ3v) is 8.83. The molecule has 0 aliphatic heterocycles. The van der Waals surface area contributed by atoms with Crippen molar-refractivity contribution < 1.29 is 19.8 Å². The summed E-state index contributed by atoms with van der Waals surface area (Å²) in [5, 5.41) is 20.3. The van der Waals surface area contributed by atoms with Gasteiger partial charge in [-0.15, -0.1) is 23.1 Å². The van der Waals surface area contributed by atoms with Crippen LogP contribution in [0.3, 0.4) is 0 Å². The molecule has 1 aromatic carbocycles. The van der Waals surface area contributed by atoms with Crippen LogP contribution < -0.4 is 0 Å². The first-order chi connectivity index (χ1) is 14.5. The third-order valence-electron chi connectivity index (χ3n) is 5.13. The SMILES string of the molecule is O=C(O)CSCCCS[C@H]1C(=O)CC[C@@H]1C=C[C@H](O)CCc1cc2ccccc2s1. The molecule has 0 unspecified atom stereocenters. The lowest BCUT2D eigenvalue weighted by Gasteiger charge is -2.15. The molecule has 1 aliphatic rings. The number of hydrogen-bond donors (Lipinski definition) is 2. The number of allylic oxidation sites excluding steroid dienone is 1. The van der Waals surface area contributed by atoms with Gasteiger partial charge in [-0.1, -0.05) is 30.4 Å². The Labute approximate surface area is 190 Å². The van der Waals surface area contributed by atoms with Crippen LogP contribution in [0.5, 0.6) is 0 Å². The molecule has 2 N–H and O–H groups in total. The lowest BCUT2D eigenvalue weighted by Crippen LogP contribution is -2.17. The molecule has 1 aliphatic carbocycles. The molecular formula is C23H28O4S3. The fraction of sp³-hybridized carbons (Fsp3) is 0.478. The average Bonchev–Trinajstić information content (AvgIpc) is 3.30. The Hall–Kier alpha value is -1.28. The zero-order chi connectivity index (χ0) is 21.3. The van der Waals surface area contributed by atoms with Gasteiger partial charge in [0.25, 0.3) is 0 Å². The Bertz CT molecular complexity index is 843. The number of rotatable bonds is 12. The zero-order valence-electron chi connectivity index (χ0n) is 16.9. The van der Waals surface area contributed by atoms with Crippen LogP contribution >= 0.6 is 34.9 Å². The van der Waals surface area contributed by atoms with Crippen molar-refractivity contribution in [1.29, 1.82) is 0 Å². The number of carboxylic acid groups (broad SMARTS) is 1. The summed E-state index contributed by atoms with van der Waals surface area (Å²) in [6, 6.07) is 10.5. The summed E-state index contributed by atoms with van der Waals surface area (Å²) in [7, 11) is 0. The number of carbonyl (C=O) groups is 2. The van der Waals surface area contributed by atoms with Crippen molar-refractivity contribution in [2.24, 2.45) is 5.92 Å². The van der Waals surface area contributed by atoms with E-state index < -0.39 is 12.1 Å². The molecule has 7 heteroatoms. The molecule has 0 bridgehead atoms. The lowest BCUT2D eigenvalue weighted by molar-refractivity contribution is -0.133. The molecule has 30 heavy (non-hydrogen) atoms. The van der Waals surface area contributed by atoms with E-state index in [1.54, 1.807) is 23.1 Å². The van der Waals surface area contributed by atoms with Crippen LogP contribution in [0.15, 0.2) is 42.5 Å². The van der Waals surface area contributed by atoms with E-state index in [9.17, 15) is 14.7 Å². The van der Waals surface area contributed by atoms with Gasteiger partial charge in [0.2, 0.25) is 0 Å². The first kappa shape index (κ1) is 23.4. The number of aryl methyl sites for hydroxylation is 1. The van der Waals surface area contributed by atoms with E-state index in [1.165, 1.54) is 26.7 Å². The Balaban J connectivity index is 1.41. The van der Waals surface area contributed by atoms with E-state index in [0.29, 0.717) is 18.6 Å². The minimum absolute atomic E-state index is 0.0273. The molecule has 1 saturated carbocycles. The Morgan fingerprint density at radius 1 is 1.30 bits per heavy atom. The highest BCUT2D eigenvalue weighted by atomic mass is 32.2. The number of aliphatic carboxylic acids is 1. The maximum Gasteiger partial charge on any atom is 0.313 e. The molecule has 162 valence electrons. The number of carbonyl (C=O) groups excluding carboxylic acids is 1. The van der Waals surface area contributed by atoms with E-state index in [1.807, 2.05) is 24.3 Å². The normalized spacial score (nSPS) is 20.4. The quantitative estimate of drug-likeness (QED) is 0.339. The van der Waals surface area contributed by atoms with Crippen LogP contribution in [-0.2, 0) is 16.0 Å². The highest BCUT2D eigenvalue weighted by molar-refractivity contribution is 8.01. The summed E-state index contributed by atoms with van der Waals surface area (Å²) in [6.07, 6.45) is 7.31. The molecule has 4 nitrogen and oxygen atoms in total. The fourth-order valence-corrected chi connectivity index (χ4v) is 6.88. The maximum atomic E-state index is 12.2. The molecule has 0 amide bonds. The topological polar surface area (TPSA) is 74.6 Å². The second-order valence-corrected chi connectivity index (χ2v) is 11.0. The van der Waals surface area contributed by atoms with Crippen molar-refractivity contribution in [2.75, 3.05) is 17.3 Å². The lowest BCUT2D eigenvalue weighted by atomic mass is 10.0. The van der Waals surface area contributed by atoms with Gasteiger partial charge in [0.15, 0.2) is 0 Å². The fourth-order valence-electron chi connectivity index (χ4n) is 3.60. The first-order valence-electron chi connectivity index (χ1n) is 10.3. The van der Waals surface area contributed by atoms with E-state index in [2.05, 4.69) is 18.2 Å². The molecule has 0 spiro atoms. The molecule has 1 heterocycles. The van der Waals surface area contributed by atoms with Gasteiger partial charge in [0.05, 0.1) is 17.1 Å². The summed E-state index contributed by atoms with van der Waals surface area (Å²) in [5.74, 6) is 1.51. The van der Waals surface area contributed by atoms with Crippen molar-refractivity contribution in [2.45, 2.75) is 43.5 Å². The van der Waals surface area contributed by atoms with Gasteiger partial charge in [-0.25, -0.2) is 0 Å². The number of ketones is 1. The van der Waals surface area contributed by atoms with Gasteiger partial charge in [-0.2, -0.15) is 11.8 Å². The summed E-state index contributed by atoms with van der Waals surface area (Å²) < 4.78 is 1.28. The number of aliphatic hydroxyl groups is 1. The number of thioether (sulfide) groups is 2. The zero-order valence-corrected chi connectivity index (χ0v) is 19.3. The predicted molar refractivity (Wildman–Crippen MR) is 129 cm³/mol. The van der Waals surface area contributed by atoms with Crippen LogP contribution in [0.1, 0.15) is 30.6 Å². The maximum absolute atomic E-state index is 12.2. The number of aliphatic hydroxyl groups excluding tert-OH is 1. The number of carboxylic acids is 1. The Morgan fingerprint density at radius 2 is 2.13 bits per heavy atom. The predicted octanol–water partition coefficient (Wildman–Crippen LogP) is 5.04. The molecule has 2 aromatic rings. The monoisotopic (exact) mass is 464 g/mol. The molecule has 3 rings (SSSR count). The van der Waals surface area contributed by atoms with Crippen LogP contribution in [0.25, 0.3) is 10.1 Å². The Morgan fingerprint density at radius 3 is 2.93 bits per heavy atom. The van der Waals surface area contributed by atoms with Gasteiger partial charge in [0.1, 0.15) is 5.78 Å². The Kier molecular flexibility index (Phi) is 9.30. The largest absolute Gasteiger partial charge is 0.481 e. The number of Topliss-reactive ketones (excluding diaryl/α,β-unsaturated/α-hetero) is 1. The minimum Gasteiger partial charge on any atom is -0.481 e. The van der Waals surface area contributed by atoms with Crippen LogP contribution in [0.4, 0.5) is 0 Å². The van der Waals surface area contributed by atoms with Crippen molar-refractivity contribution in [3.63, 3.8) is 0 Å². The smallest absolute Gasteiger partial charge is 0.313 e. The van der Waals surface area contributed by atoms with Gasteiger partial charge in [0, 0.05) is 16.0 Å². The van der Waals surface area contributed by atoms with Crippen LogP contribution in [0, 0.1) is 5.92 Å². The molecule has 1 fully saturated rings. The second-order valence-electron chi connectivity index (χ2n) is 7.50. The highest BCUT2D eigenvalue weighted by Gasteiger charge is 2.33. The van der Waals surface area contributed by atoms with Gasteiger partial charge < -0.3 is 10.2 Å². The number of fused-ring (bicyclic) bond motifs is 1. The summed E-state index contributed by atoms with van der Waals surface area (Å²) in [5.41, 5.74) is 0. The summed E-state index contributed by atoms with van der Waals surface area (Å²) >= 11 is 4.88. The number of benzene rings is 1. The standard InChI is InChI=1S/C23H28O4S3/c24-18(9-10-19-14-17-4-1-2-5-21(17)30-19)8-6-16-7-11-20(25)23(16)29-13-3-12-28-15-22(26)27/h1-2,4-6,8,14,16,18,23-24H,3,7,9-13,15H2,(H,26,27)/t16-,18-,23+/m0/s1. The second kappa shape index (κ2) is 11.9. The van der Waals surface area contributed by atoms with Crippen molar-refractivity contribution in [1.82, 2.24) is 0 Å². The van der Waals surface area contributed by atoms with E-state index in [0.717, 1.165) is 30.8 Å². The molecule has 3 atom stereocenters. The number of hydrogen-bond acceptors (Lipinski definition) is 6. The van der Waals surface area contributed by atoms with Gasteiger partial charge in [-0.05, 0) is 60.6 Å². The average molecular weight is 465 g/mol. The van der Waals surface area contributed by atoms with Gasteiger partial charge >= 0.3 is 5.97 Å². The van der Waals surface area contributed by atoms with Crippen LogP contribution in [0.2, 0.25) is 0 Å². The molecular weight excluding hydrogens is 436 g/mol. The van der Waals surface area contributed by atoms with Crippen molar-refractivity contribution in [3.05, 3.63) is 47.4 Å². The minimum atomic E-state index is -0.783. The van der Waals surface area contributed by atoms with E-state index in [4.69, 9.17) is 5.11 Å². The van der Waals surface area contributed by atoms with E-state index in [-0.39, 0.29) is 16.9 Å². The first-order valence-corrected chi connectivity index (χ1v) is 13.3. The van der Waals surface area contributed by atoms with E-state index >= 15 is 0 Å². The van der Waals surface area contributed by atoms with Crippen molar-refractivity contribution in [3.8, 4) is 0 Å². The summed E-state index contributed by atoms with van der Waals surface area (Å²) in [6.45, 7) is 0. The molecule has 0 radical (unpaired) electrons.